The minimum absolute atomic E-state index is 0.0975. The minimum Gasteiger partial charge on any atom is -0.497 e. The van der Waals surface area contributed by atoms with Crippen LogP contribution in [0.15, 0.2) is 18.2 Å². The second-order valence-electron chi connectivity index (χ2n) is 3.01. The third-order valence-electron chi connectivity index (χ3n) is 1.81. The highest BCUT2D eigenvalue weighted by molar-refractivity contribution is 7.81. The Labute approximate surface area is 93.0 Å². The standard InChI is InChI=1S/C10H12FNO2S/c1-6(15)10(13)12-9-5-7(14-2)3-4-8(9)11/h3-6,15H,1-2H3,(H,12,13). The Morgan fingerprint density at radius 2 is 2.27 bits per heavy atom. The van der Waals surface area contributed by atoms with E-state index in [1.54, 1.807) is 6.92 Å². The predicted molar refractivity (Wildman–Crippen MR) is 60.0 cm³/mol. The van der Waals surface area contributed by atoms with Crippen LogP contribution in [-0.2, 0) is 4.79 Å². The summed E-state index contributed by atoms with van der Waals surface area (Å²) in [6.07, 6.45) is 0. The highest BCUT2D eigenvalue weighted by atomic mass is 32.1. The number of hydrogen-bond donors (Lipinski definition) is 2. The van der Waals surface area contributed by atoms with Crippen molar-refractivity contribution in [1.29, 1.82) is 0 Å². The van der Waals surface area contributed by atoms with E-state index < -0.39 is 11.1 Å². The summed E-state index contributed by atoms with van der Waals surface area (Å²) < 4.78 is 18.1. The van der Waals surface area contributed by atoms with Crippen LogP contribution in [0.5, 0.6) is 5.75 Å². The van der Waals surface area contributed by atoms with Gasteiger partial charge < -0.3 is 10.1 Å². The fourth-order valence-corrected chi connectivity index (χ4v) is 1.03. The lowest BCUT2D eigenvalue weighted by molar-refractivity contribution is -0.115. The summed E-state index contributed by atoms with van der Waals surface area (Å²) >= 11 is 3.94. The molecule has 0 aromatic heterocycles. The molecule has 0 saturated heterocycles. The number of carbonyl (C=O) groups excluding carboxylic acids is 1. The zero-order chi connectivity index (χ0) is 11.4. The smallest absolute Gasteiger partial charge is 0.237 e. The molecule has 5 heteroatoms. The Kier molecular flexibility index (Phi) is 3.96. The molecule has 3 nitrogen and oxygen atoms in total. The molecule has 0 saturated carbocycles. The van der Waals surface area contributed by atoms with Gasteiger partial charge in [0.2, 0.25) is 5.91 Å². The summed E-state index contributed by atoms with van der Waals surface area (Å²) in [4.78, 5) is 11.3. The van der Waals surface area contributed by atoms with Crippen LogP contribution in [-0.4, -0.2) is 18.3 Å². The Hall–Kier alpha value is -1.23. The predicted octanol–water partition coefficient (Wildman–Crippen LogP) is 2.09. The number of nitrogens with one attached hydrogen (secondary N) is 1. The first-order valence-electron chi connectivity index (χ1n) is 4.37. The number of rotatable bonds is 3. The van der Waals surface area contributed by atoms with Crippen molar-refractivity contribution >= 4 is 24.2 Å². The van der Waals surface area contributed by atoms with Gasteiger partial charge in [-0.25, -0.2) is 4.39 Å². The van der Waals surface area contributed by atoms with E-state index in [1.165, 1.54) is 25.3 Å². The molecular formula is C10H12FNO2S. The maximum Gasteiger partial charge on any atom is 0.237 e. The molecule has 82 valence electrons. The molecule has 0 bridgehead atoms. The highest BCUT2D eigenvalue weighted by Gasteiger charge is 2.11. The van der Waals surface area contributed by atoms with Crippen molar-refractivity contribution in [2.24, 2.45) is 0 Å². The van der Waals surface area contributed by atoms with Gasteiger partial charge in [0.25, 0.3) is 0 Å². The molecule has 0 fully saturated rings. The highest BCUT2D eigenvalue weighted by Crippen LogP contribution is 2.21. The van der Waals surface area contributed by atoms with Crippen molar-refractivity contribution in [3.63, 3.8) is 0 Å². The number of methoxy groups -OCH3 is 1. The van der Waals surface area contributed by atoms with Crippen LogP contribution in [0, 0.1) is 5.82 Å². The molecule has 1 amide bonds. The van der Waals surface area contributed by atoms with Gasteiger partial charge in [0.15, 0.2) is 0 Å². The van der Waals surface area contributed by atoms with Gasteiger partial charge in [-0.2, -0.15) is 12.6 Å². The number of hydrogen-bond acceptors (Lipinski definition) is 3. The SMILES string of the molecule is COc1ccc(F)c(NC(=O)C(C)S)c1. The van der Waals surface area contributed by atoms with Crippen LogP contribution in [0.3, 0.4) is 0 Å². The van der Waals surface area contributed by atoms with Crippen molar-refractivity contribution in [1.82, 2.24) is 0 Å². The number of anilines is 1. The van der Waals surface area contributed by atoms with Crippen molar-refractivity contribution in [2.75, 3.05) is 12.4 Å². The van der Waals surface area contributed by atoms with E-state index in [9.17, 15) is 9.18 Å². The normalized spacial score (nSPS) is 12.0. The fraction of sp³-hybridized carbons (Fsp3) is 0.300. The number of amides is 1. The van der Waals surface area contributed by atoms with Crippen LogP contribution in [0.2, 0.25) is 0 Å². The van der Waals surface area contributed by atoms with E-state index in [0.29, 0.717) is 5.75 Å². The van der Waals surface area contributed by atoms with E-state index in [0.717, 1.165) is 0 Å². The molecule has 1 atom stereocenters. The maximum absolute atomic E-state index is 13.2. The lowest BCUT2D eigenvalue weighted by Gasteiger charge is -2.09. The van der Waals surface area contributed by atoms with Crippen molar-refractivity contribution in [3.05, 3.63) is 24.0 Å². The molecule has 15 heavy (non-hydrogen) atoms. The average molecular weight is 229 g/mol. The quantitative estimate of drug-likeness (QED) is 0.779. The summed E-state index contributed by atoms with van der Waals surface area (Å²) in [5, 5.41) is 1.92. The van der Waals surface area contributed by atoms with Gasteiger partial charge in [0, 0.05) is 6.07 Å². The largest absolute Gasteiger partial charge is 0.497 e. The number of carbonyl (C=O) groups is 1. The molecule has 1 aromatic rings. The fourth-order valence-electron chi connectivity index (χ4n) is 0.964. The molecule has 0 aliphatic heterocycles. The third kappa shape index (κ3) is 3.13. The summed E-state index contributed by atoms with van der Waals surface area (Å²) in [5.74, 6) is -0.373. The Bertz CT molecular complexity index is 368. The van der Waals surface area contributed by atoms with Gasteiger partial charge in [-0.05, 0) is 19.1 Å². The van der Waals surface area contributed by atoms with Crippen LogP contribution in [0.4, 0.5) is 10.1 Å². The topological polar surface area (TPSA) is 38.3 Å². The summed E-state index contributed by atoms with van der Waals surface area (Å²) in [6, 6.07) is 4.14. The zero-order valence-electron chi connectivity index (χ0n) is 8.45. The molecule has 0 spiro atoms. The number of thiol groups is 1. The van der Waals surface area contributed by atoms with Gasteiger partial charge in [-0.3, -0.25) is 4.79 Å². The Morgan fingerprint density at radius 1 is 1.60 bits per heavy atom. The maximum atomic E-state index is 13.2. The first kappa shape index (κ1) is 11.8. The number of ether oxygens (including phenoxy) is 1. The van der Waals surface area contributed by atoms with Crippen molar-refractivity contribution in [2.45, 2.75) is 12.2 Å². The van der Waals surface area contributed by atoms with Crippen LogP contribution in [0.25, 0.3) is 0 Å². The van der Waals surface area contributed by atoms with Gasteiger partial charge in [-0.1, -0.05) is 0 Å². The van der Waals surface area contributed by atoms with Crippen molar-refractivity contribution in [3.8, 4) is 5.75 Å². The van der Waals surface area contributed by atoms with Crippen molar-refractivity contribution < 1.29 is 13.9 Å². The van der Waals surface area contributed by atoms with Gasteiger partial charge in [0.05, 0.1) is 18.0 Å². The molecule has 1 aromatic carbocycles. The summed E-state index contributed by atoms with van der Waals surface area (Å²) in [6.45, 7) is 1.61. The third-order valence-corrected chi connectivity index (χ3v) is 2.05. The molecule has 0 aliphatic carbocycles. The monoisotopic (exact) mass is 229 g/mol. The Balaban J connectivity index is 2.88. The van der Waals surface area contributed by atoms with E-state index >= 15 is 0 Å². The first-order chi connectivity index (χ1) is 7.04. The lowest BCUT2D eigenvalue weighted by atomic mass is 10.2. The summed E-state index contributed by atoms with van der Waals surface area (Å²) in [5.41, 5.74) is 0.0975. The molecule has 1 unspecified atom stereocenters. The van der Waals surface area contributed by atoms with Crippen LogP contribution < -0.4 is 10.1 Å². The minimum atomic E-state index is -0.502. The summed E-state index contributed by atoms with van der Waals surface area (Å²) in [7, 11) is 1.47. The molecule has 1 rings (SSSR count). The number of benzene rings is 1. The van der Waals surface area contributed by atoms with E-state index in [-0.39, 0.29) is 11.6 Å². The number of halogens is 1. The zero-order valence-corrected chi connectivity index (χ0v) is 9.35. The molecule has 1 N–H and O–H groups in total. The lowest BCUT2D eigenvalue weighted by Crippen LogP contribution is -2.21. The molecule has 0 aliphatic rings. The van der Waals surface area contributed by atoms with E-state index in [2.05, 4.69) is 17.9 Å². The second-order valence-corrected chi connectivity index (χ2v) is 3.79. The second kappa shape index (κ2) is 5.02. The average Bonchev–Trinajstić information content (AvgIpc) is 2.21. The van der Waals surface area contributed by atoms with Gasteiger partial charge in [0.1, 0.15) is 11.6 Å². The van der Waals surface area contributed by atoms with Gasteiger partial charge >= 0.3 is 0 Å². The van der Waals surface area contributed by atoms with Gasteiger partial charge in [-0.15, -0.1) is 0 Å². The van der Waals surface area contributed by atoms with Crippen LogP contribution in [0.1, 0.15) is 6.92 Å². The molecule has 0 radical (unpaired) electrons. The van der Waals surface area contributed by atoms with E-state index in [1.807, 2.05) is 0 Å². The molecule has 0 heterocycles. The molecular weight excluding hydrogens is 217 g/mol. The Morgan fingerprint density at radius 3 is 2.80 bits per heavy atom. The van der Waals surface area contributed by atoms with E-state index in [4.69, 9.17) is 4.74 Å². The van der Waals surface area contributed by atoms with Crippen LogP contribution >= 0.6 is 12.6 Å². The first-order valence-corrected chi connectivity index (χ1v) is 4.88.